The smallest absolute Gasteiger partial charge is 0.0648 e. The SMILES string of the molecule is OC1(CCC2CCCCS2)CCC1. The van der Waals surface area contributed by atoms with Gasteiger partial charge in [-0.15, -0.1) is 0 Å². The molecule has 0 bridgehead atoms. The summed E-state index contributed by atoms with van der Waals surface area (Å²) in [7, 11) is 0. The summed E-state index contributed by atoms with van der Waals surface area (Å²) in [6, 6.07) is 0. The topological polar surface area (TPSA) is 20.2 Å². The van der Waals surface area contributed by atoms with Gasteiger partial charge in [0.2, 0.25) is 0 Å². The van der Waals surface area contributed by atoms with Crippen LogP contribution in [-0.2, 0) is 0 Å². The molecular weight excluding hydrogens is 180 g/mol. The lowest BCUT2D eigenvalue weighted by atomic mass is 9.76. The molecule has 2 aliphatic rings. The number of aliphatic hydroxyl groups is 1. The highest BCUT2D eigenvalue weighted by molar-refractivity contribution is 7.99. The van der Waals surface area contributed by atoms with Crippen molar-refractivity contribution in [3.05, 3.63) is 0 Å². The van der Waals surface area contributed by atoms with Crippen LogP contribution >= 0.6 is 11.8 Å². The minimum Gasteiger partial charge on any atom is -0.390 e. The normalized spacial score (nSPS) is 32.5. The molecule has 1 aliphatic heterocycles. The predicted molar refractivity (Wildman–Crippen MR) is 58.1 cm³/mol. The van der Waals surface area contributed by atoms with Gasteiger partial charge in [-0.2, -0.15) is 11.8 Å². The third-order valence-corrected chi connectivity index (χ3v) is 4.96. The van der Waals surface area contributed by atoms with Crippen molar-refractivity contribution in [2.45, 2.75) is 62.2 Å². The number of rotatable bonds is 3. The highest BCUT2D eigenvalue weighted by Crippen LogP contribution is 2.38. The summed E-state index contributed by atoms with van der Waals surface area (Å²) in [5, 5.41) is 10.8. The Bertz CT molecular complexity index is 159. The van der Waals surface area contributed by atoms with Gasteiger partial charge in [-0.3, -0.25) is 0 Å². The summed E-state index contributed by atoms with van der Waals surface area (Å²) in [4.78, 5) is 0. The van der Waals surface area contributed by atoms with E-state index in [2.05, 4.69) is 11.8 Å². The quantitative estimate of drug-likeness (QED) is 0.756. The average molecular weight is 200 g/mol. The monoisotopic (exact) mass is 200 g/mol. The maximum absolute atomic E-state index is 9.93. The molecule has 1 aliphatic carbocycles. The Morgan fingerprint density at radius 2 is 2.08 bits per heavy atom. The van der Waals surface area contributed by atoms with Crippen LogP contribution in [-0.4, -0.2) is 21.7 Å². The maximum Gasteiger partial charge on any atom is 0.0648 e. The van der Waals surface area contributed by atoms with E-state index in [4.69, 9.17) is 0 Å². The van der Waals surface area contributed by atoms with Crippen LogP contribution in [0.4, 0.5) is 0 Å². The van der Waals surface area contributed by atoms with Gasteiger partial charge < -0.3 is 5.11 Å². The summed E-state index contributed by atoms with van der Waals surface area (Å²) in [6.07, 6.45) is 9.89. The van der Waals surface area contributed by atoms with Gasteiger partial charge in [-0.25, -0.2) is 0 Å². The van der Waals surface area contributed by atoms with Gasteiger partial charge >= 0.3 is 0 Å². The lowest BCUT2D eigenvalue weighted by Gasteiger charge is -2.38. The van der Waals surface area contributed by atoms with Crippen LogP contribution < -0.4 is 0 Å². The van der Waals surface area contributed by atoms with E-state index in [9.17, 15) is 5.11 Å². The van der Waals surface area contributed by atoms with E-state index in [1.165, 1.54) is 37.9 Å². The first kappa shape index (κ1) is 9.85. The lowest BCUT2D eigenvalue weighted by molar-refractivity contribution is -0.0416. The van der Waals surface area contributed by atoms with E-state index in [1.807, 2.05) is 0 Å². The second kappa shape index (κ2) is 4.22. The third-order valence-electron chi connectivity index (χ3n) is 3.49. The van der Waals surface area contributed by atoms with E-state index in [0.717, 1.165) is 24.5 Å². The third kappa shape index (κ3) is 2.63. The number of hydrogen-bond donors (Lipinski definition) is 1. The Hall–Kier alpha value is 0.310. The Morgan fingerprint density at radius 1 is 1.23 bits per heavy atom. The van der Waals surface area contributed by atoms with Crippen molar-refractivity contribution in [2.24, 2.45) is 0 Å². The van der Waals surface area contributed by atoms with Crippen LogP contribution in [0.15, 0.2) is 0 Å². The molecule has 2 heteroatoms. The van der Waals surface area contributed by atoms with Gasteiger partial charge in [0.05, 0.1) is 5.60 Å². The number of hydrogen-bond acceptors (Lipinski definition) is 2. The second-order valence-corrected chi connectivity index (χ2v) is 6.01. The van der Waals surface area contributed by atoms with Crippen LogP contribution in [0.2, 0.25) is 0 Å². The van der Waals surface area contributed by atoms with Gasteiger partial charge in [0, 0.05) is 5.25 Å². The van der Waals surface area contributed by atoms with Gasteiger partial charge in [-0.05, 0) is 50.7 Å². The van der Waals surface area contributed by atoms with Crippen LogP contribution in [0.3, 0.4) is 0 Å². The lowest BCUT2D eigenvalue weighted by Crippen LogP contribution is -2.37. The molecule has 0 aromatic heterocycles. The molecule has 2 rings (SSSR count). The molecule has 1 saturated carbocycles. The van der Waals surface area contributed by atoms with Gasteiger partial charge in [0.25, 0.3) is 0 Å². The van der Waals surface area contributed by atoms with Crippen molar-refractivity contribution in [3.63, 3.8) is 0 Å². The Labute approximate surface area is 85.3 Å². The first-order valence-corrected chi connectivity index (χ1v) is 6.67. The average Bonchev–Trinajstić information content (AvgIpc) is 2.13. The molecule has 0 aromatic carbocycles. The van der Waals surface area contributed by atoms with Crippen molar-refractivity contribution >= 4 is 11.8 Å². The standard InChI is InChI=1S/C11H20OS/c12-11(6-3-7-11)8-5-10-4-1-2-9-13-10/h10,12H,1-9H2. The summed E-state index contributed by atoms with van der Waals surface area (Å²) in [5.41, 5.74) is -0.238. The van der Waals surface area contributed by atoms with Crippen molar-refractivity contribution in [2.75, 3.05) is 5.75 Å². The molecule has 1 heterocycles. The molecule has 1 nitrogen and oxygen atoms in total. The fourth-order valence-corrected chi connectivity index (χ4v) is 3.62. The van der Waals surface area contributed by atoms with Crippen LogP contribution in [0, 0.1) is 0 Å². The molecule has 76 valence electrons. The van der Waals surface area contributed by atoms with E-state index < -0.39 is 0 Å². The molecule has 1 saturated heterocycles. The zero-order valence-electron chi connectivity index (χ0n) is 8.30. The van der Waals surface area contributed by atoms with Crippen molar-refractivity contribution in [3.8, 4) is 0 Å². The zero-order chi connectivity index (χ0) is 9.15. The van der Waals surface area contributed by atoms with Crippen molar-refractivity contribution in [1.82, 2.24) is 0 Å². The molecule has 13 heavy (non-hydrogen) atoms. The van der Waals surface area contributed by atoms with E-state index >= 15 is 0 Å². The first-order valence-electron chi connectivity index (χ1n) is 5.63. The van der Waals surface area contributed by atoms with E-state index in [-0.39, 0.29) is 5.60 Å². The number of thioether (sulfide) groups is 1. The Kier molecular flexibility index (Phi) is 3.20. The Balaban J connectivity index is 1.66. The maximum atomic E-state index is 9.93. The fraction of sp³-hybridized carbons (Fsp3) is 1.00. The molecule has 1 atom stereocenters. The van der Waals surface area contributed by atoms with Crippen molar-refractivity contribution < 1.29 is 5.11 Å². The highest BCUT2D eigenvalue weighted by atomic mass is 32.2. The molecular formula is C11H20OS. The van der Waals surface area contributed by atoms with E-state index in [1.54, 1.807) is 0 Å². The van der Waals surface area contributed by atoms with Crippen LogP contribution in [0.25, 0.3) is 0 Å². The summed E-state index contributed by atoms with van der Waals surface area (Å²) < 4.78 is 0. The highest BCUT2D eigenvalue weighted by Gasteiger charge is 2.34. The molecule has 0 spiro atoms. The van der Waals surface area contributed by atoms with Crippen molar-refractivity contribution in [1.29, 1.82) is 0 Å². The summed E-state index contributed by atoms with van der Waals surface area (Å²) in [6.45, 7) is 0. The largest absolute Gasteiger partial charge is 0.390 e. The summed E-state index contributed by atoms with van der Waals surface area (Å²) >= 11 is 2.13. The van der Waals surface area contributed by atoms with E-state index in [0.29, 0.717) is 0 Å². The summed E-state index contributed by atoms with van der Waals surface area (Å²) in [5.74, 6) is 1.35. The fourth-order valence-electron chi connectivity index (χ4n) is 2.30. The molecule has 1 N–H and O–H groups in total. The van der Waals surface area contributed by atoms with Crippen LogP contribution in [0.5, 0.6) is 0 Å². The van der Waals surface area contributed by atoms with Gasteiger partial charge in [0.1, 0.15) is 0 Å². The molecule has 0 aromatic rings. The molecule has 1 unspecified atom stereocenters. The minimum absolute atomic E-state index is 0.238. The minimum atomic E-state index is -0.238. The van der Waals surface area contributed by atoms with Gasteiger partial charge in [-0.1, -0.05) is 6.42 Å². The van der Waals surface area contributed by atoms with Crippen LogP contribution in [0.1, 0.15) is 51.4 Å². The second-order valence-electron chi connectivity index (χ2n) is 4.61. The zero-order valence-corrected chi connectivity index (χ0v) is 9.11. The molecule has 2 fully saturated rings. The predicted octanol–water partition coefficient (Wildman–Crippen LogP) is 2.97. The molecule has 0 amide bonds. The first-order chi connectivity index (χ1) is 6.29. The molecule has 0 radical (unpaired) electrons. The van der Waals surface area contributed by atoms with Gasteiger partial charge in [0.15, 0.2) is 0 Å². The Morgan fingerprint density at radius 3 is 2.62 bits per heavy atom.